The maximum atomic E-state index is 12.4. The molecule has 6 nitrogen and oxygen atoms in total. The lowest BCUT2D eigenvalue weighted by Gasteiger charge is -2.19. The second-order valence-corrected chi connectivity index (χ2v) is 5.69. The lowest BCUT2D eigenvalue weighted by molar-refractivity contribution is 0.203. The number of benzene rings is 2. The van der Waals surface area contributed by atoms with E-state index in [2.05, 4.69) is 15.5 Å². The highest BCUT2D eigenvalue weighted by atomic mass is 16.5. The van der Waals surface area contributed by atoms with Crippen LogP contribution in [-0.4, -0.2) is 27.6 Å². The van der Waals surface area contributed by atoms with Gasteiger partial charge in [0.05, 0.1) is 0 Å². The minimum Gasteiger partial charge on any atom is -0.337 e. The Morgan fingerprint density at radius 2 is 1.84 bits per heavy atom. The summed E-state index contributed by atoms with van der Waals surface area (Å²) in [6.45, 7) is 4.70. The Kier molecular flexibility index (Phi) is 5.09. The standard InChI is InChI=1S/C19H20N4O2/c1-3-23(19(24)20-16-11-9-14(2)10-12-16)13-17-21-18(22-25-17)15-7-5-4-6-8-15/h4-12H,3,13H2,1-2H3,(H,20,24). The van der Waals surface area contributed by atoms with Gasteiger partial charge >= 0.3 is 6.03 Å². The van der Waals surface area contributed by atoms with Crippen molar-refractivity contribution < 1.29 is 9.32 Å². The van der Waals surface area contributed by atoms with Crippen LogP contribution in [-0.2, 0) is 6.54 Å². The van der Waals surface area contributed by atoms with Crippen LogP contribution in [0.25, 0.3) is 11.4 Å². The van der Waals surface area contributed by atoms with Crippen LogP contribution in [0, 0.1) is 6.92 Å². The summed E-state index contributed by atoms with van der Waals surface area (Å²) in [5, 5.41) is 6.86. The molecule has 0 aliphatic heterocycles. The Morgan fingerprint density at radius 1 is 1.12 bits per heavy atom. The smallest absolute Gasteiger partial charge is 0.322 e. The van der Waals surface area contributed by atoms with Crippen LogP contribution >= 0.6 is 0 Å². The van der Waals surface area contributed by atoms with Gasteiger partial charge in [-0.2, -0.15) is 4.98 Å². The number of carbonyl (C=O) groups is 1. The van der Waals surface area contributed by atoms with Crippen molar-refractivity contribution in [2.45, 2.75) is 20.4 Å². The Morgan fingerprint density at radius 3 is 2.52 bits per heavy atom. The highest BCUT2D eigenvalue weighted by molar-refractivity contribution is 5.89. The van der Waals surface area contributed by atoms with Gasteiger partial charge in [-0.15, -0.1) is 0 Å². The molecule has 2 aromatic carbocycles. The molecule has 0 saturated carbocycles. The van der Waals surface area contributed by atoms with E-state index in [9.17, 15) is 4.79 Å². The number of amides is 2. The maximum absolute atomic E-state index is 12.4. The lowest BCUT2D eigenvalue weighted by Crippen LogP contribution is -2.34. The predicted octanol–water partition coefficient (Wildman–Crippen LogP) is 4.10. The van der Waals surface area contributed by atoms with Crippen molar-refractivity contribution in [3.63, 3.8) is 0 Å². The zero-order chi connectivity index (χ0) is 17.6. The number of aromatic nitrogens is 2. The SMILES string of the molecule is CCN(Cc1nc(-c2ccccc2)no1)C(=O)Nc1ccc(C)cc1. The van der Waals surface area contributed by atoms with Gasteiger partial charge in [0.25, 0.3) is 0 Å². The number of carbonyl (C=O) groups excluding carboxylic acids is 1. The number of nitrogens with one attached hydrogen (secondary N) is 1. The van der Waals surface area contributed by atoms with Crippen LogP contribution in [0.3, 0.4) is 0 Å². The normalized spacial score (nSPS) is 10.5. The van der Waals surface area contributed by atoms with Gasteiger partial charge in [-0.05, 0) is 26.0 Å². The Balaban J connectivity index is 1.66. The van der Waals surface area contributed by atoms with Crippen LogP contribution < -0.4 is 5.32 Å². The van der Waals surface area contributed by atoms with Gasteiger partial charge in [0.1, 0.15) is 6.54 Å². The van der Waals surface area contributed by atoms with Crippen molar-refractivity contribution in [2.75, 3.05) is 11.9 Å². The van der Waals surface area contributed by atoms with Crippen molar-refractivity contribution >= 4 is 11.7 Å². The zero-order valence-electron chi connectivity index (χ0n) is 14.3. The fraction of sp³-hybridized carbons (Fsp3) is 0.211. The maximum Gasteiger partial charge on any atom is 0.322 e. The average Bonchev–Trinajstić information content (AvgIpc) is 3.11. The van der Waals surface area contributed by atoms with Gasteiger partial charge in [-0.25, -0.2) is 4.79 Å². The molecule has 0 fully saturated rings. The number of hydrogen-bond donors (Lipinski definition) is 1. The summed E-state index contributed by atoms with van der Waals surface area (Å²) in [6, 6.07) is 17.0. The molecule has 0 aliphatic rings. The summed E-state index contributed by atoms with van der Waals surface area (Å²) in [5.74, 6) is 0.922. The molecular formula is C19H20N4O2. The van der Waals surface area contributed by atoms with Gasteiger partial charge in [0.15, 0.2) is 0 Å². The van der Waals surface area contributed by atoms with Crippen molar-refractivity contribution in [1.29, 1.82) is 0 Å². The van der Waals surface area contributed by atoms with Gasteiger partial charge in [-0.3, -0.25) is 0 Å². The fourth-order valence-corrected chi connectivity index (χ4v) is 2.35. The summed E-state index contributed by atoms with van der Waals surface area (Å²) in [7, 11) is 0. The van der Waals surface area contributed by atoms with Crippen LogP contribution in [0.5, 0.6) is 0 Å². The molecule has 0 unspecified atom stereocenters. The van der Waals surface area contributed by atoms with Gasteiger partial charge in [0, 0.05) is 17.8 Å². The number of hydrogen-bond acceptors (Lipinski definition) is 4. The van der Waals surface area contributed by atoms with E-state index < -0.39 is 0 Å². The van der Waals surface area contributed by atoms with E-state index >= 15 is 0 Å². The van der Waals surface area contributed by atoms with E-state index in [-0.39, 0.29) is 12.6 Å². The molecular weight excluding hydrogens is 316 g/mol. The summed E-state index contributed by atoms with van der Waals surface area (Å²) >= 11 is 0. The van der Waals surface area contributed by atoms with Crippen molar-refractivity contribution in [2.24, 2.45) is 0 Å². The molecule has 0 radical (unpaired) electrons. The third kappa shape index (κ3) is 4.23. The fourth-order valence-electron chi connectivity index (χ4n) is 2.35. The quantitative estimate of drug-likeness (QED) is 0.761. The predicted molar refractivity (Wildman–Crippen MR) is 96.0 cm³/mol. The molecule has 2 amide bonds. The van der Waals surface area contributed by atoms with E-state index in [0.29, 0.717) is 18.3 Å². The van der Waals surface area contributed by atoms with E-state index in [1.54, 1.807) is 4.90 Å². The minimum absolute atomic E-state index is 0.203. The van der Waals surface area contributed by atoms with E-state index in [1.165, 1.54) is 0 Å². The van der Waals surface area contributed by atoms with E-state index in [0.717, 1.165) is 16.8 Å². The number of nitrogens with zero attached hydrogens (tertiary/aromatic N) is 3. The van der Waals surface area contributed by atoms with Crippen LogP contribution in [0.1, 0.15) is 18.4 Å². The van der Waals surface area contributed by atoms with Crippen molar-refractivity contribution in [3.05, 3.63) is 66.1 Å². The van der Waals surface area contributed by atoms with E-state index in [4.69, 9.17) is 4.52 Å². The topological polar surface area (TPSA) is 71.3 Å². The van der Waals surface area contributed by atoms with Crippen molar-refractivity contribution in [3.8, 4) is 11.4 Å². The molecule has 0 atom stereocenters. The summed E-state index contributed by atoms with van der Waals surface area (Å²) in [6.07, 6.45) is 0. The highest BCUT2D eigenvalue weighted by Crippen LogP contribution is 2.16. The summed E-state index contributed by atoms with van der Waals surface area (Å²) in [5.41, 5.74) is 2.78. The van der Waals surface area contributed by atoms with Crippen LogP contribution in [0.15, 0.2) is 59.1 Å². The minimum atomic E-state index is -0.203. The molecule has 6 heteroatoms. The van der Waals surface area contributed by atoms with Gasteiger partial charge in [0.2, 0.25) is 11.7 Å². The summed E-state index contributed by atoms with van der Waals surface area (Å²) in [4.78, 5) is 18.4. The largest absolute Gasteiger partial charge is 0.337 e. The number of aryl methyl sites for hydroxylation is 1. The first-order valence-electron chi connectivity index (χ1n) is 8.16. The van der Waals surface area contributed by atoms with Crippen molar-refractivity contribution in [1.82, 2.24) is 15.0 Å². The second-order valence-electron chi connectivity index (χ2n) is 5.69. The van der Waals surface area contributed by atoms with Gasteiger partial charge in [-0.1, -0.05) is 53.2 Å². The first kappa shape index (κ1) is 16.7. The van der Waals surface area contributed by atoms with E-state index in [1.807, 2.05) is 68.4 Å². The highest BCUT2D eigenvalue weighted by Gasteiger charge is 2.16. The van der Waals surface area contributed by atoms with Gasteiger partial charge < -0.3 is 14.7 Å². The monoisotopic (exact) mass is 336 g/mol. The molecule has 1 aromatic heterocycles. The first-order chi connectivity index (χ1) is 12.2. The molecule has 3 aromatic rings. The van der Waals surface area contributed by atoms with Crippen LogP contribution in [0.2, 0.25) is 0 Å². The number of anilines is 1. The third-order valence-corrected chi connectivity index (χ3v) is 3.80. The molecule has 25 heavy (non-hydrogen) atoms. The molecule has 0 aliphatic carbocycles. The molecule has 0 spiro atoms. The molecule has 1 N–H and O–H groups in total. The Bertz CT molecular complexity index is 828. The van der Waals surface area contributed by atoms with Crippen LogP contribution in [0.4, 0.5) is 10.5 Å². The molecule has 128 valence electrons. The molecule has 1 heterocycles. The Labute approximate surface area is 146 Å². The summed E-state index contributed by atoms with van der Waals surface area (Å²) < 4.78 is 5.28. The molecule has 0 saturated heterocycles. The lowest BCUT2D eigenvalue weighted by atomic mass is 10.2. The number of rotatable bonds is 5. The Hall–Kier alpha value is -3.15. The third-order valence-electron chi connectivity index (χ3n) is 3.80. The average molecular weight is 336 g/mol. The second kappa shape index (κ2) is 7.61. The zero-order valence-corrected chi connectivity index (χ0v) is 14.3. The molecule has 3 rings (SSSR count). The number of urea groups is 1. The molecule has 0 bridgehead atoms. The first-order valence-corrected chi connectivity index (χ1v) is 8.16.